The van der Waals surface area contributed by atoms with Crippen LogP contribution in [0.5, 0.6) is 0 Å². The largest absolute Gasteiger partial charge is 0.381 e. The number of hydrogen-bond acceptors (Lipinski definition) is 5. The van der Waals surface area contributed by atoms with E-state index in [9.17, 15) is 9.59 Å². The monoisotopic (exact) mass is 428 g/mol. The van der Waals surface area contributed by atoms with E-state index < -0.39 is 0 Å². The molecule has 1 fully saturated rings. The molecule has 7 heteroatoms. The summed E-state index contributed by atoms with van der Waals surface area (Å²) in [5, 5.41) is 1.52. The zero-order valence-corrected chi connectivity index (χ0v) is 18.1. The normalized spacial score (nSPS) is 14.9. The molecule has 4 aromatic rings. The fraction of sp³-hybridized carbons (Fsp3) is 0.280. The van der Waals surface area contributed by atoms with E-state index in [-0.39, 0.29) is 17.6 Å². The third kappa shape index (κ3) is 3.65. The summed E-state index contributed by atoms with van der Waals surface area (Å²) in [4.78, 5) is 36.5. The minimum absolute atomic E-state index is 0.00945. The first-order valence-electron chi connectivity index (χ1n) is 10.7. The van der Waals surface area contributed by atoms with Crippen LogP contribution < -0.4 is 5.56 Å². The van der Waals surface area contributed by atoms with Crippen LogP contribution in [-0.2, 0) is 11.8 Å². The van der Waals surface area contributed by atoms with Crippen molar-refractivity contribution in [3.05, 3.63) is 70.8 Å². The molecule has 1 saturated heterocycles. The van der Waals surface area contributed by atoms with E-state index in [0.717, 1.165) is 29.3 Å². The van der Waals surface area contributed by atoms with Gasteiger partial charge in [-0.25, -0.2) is 4.98 Å². The number of likely N-dealkylation sites (tertiary alicyclic amines) is 1. The van der Waals surface area contributed by atoms with E-state index in [1.165, 1.54) is 0 Å². The Morgan fingerprint density at radius 2 is 1.88 bits per heavy atom. The average Bonchev–Trinajstić information content (AvgIpc) is 2.85. The number of fused-ring (bicyclic) bond motifs is 2. The Labute approximate surface area is 185 Å². The molecule has 5 rings (SSSR count). The molecule has 1 amide bonds. The maximum absolute atomic E-state index is 13.0. The molecule has 0 radical (unpaired) electrons. The average molecular weight is 428 g/mol. The molecule has 2 aromatic heterocycles. The van der Waals surface area contributed by atoms with Crippen molar-refractivity contribution in [1.29, 1.82) is 0 Å². The molecule has 0 atom stereocenters. The summed E-state index contributed by atoms with van der Waals surface area (Å²) in [6, 6.07) is 13.0. The maximum atomic E-state index is 13.0. The van der Waals surface area contributed by atoms with Crippen molar-refractivity contribution >= 4 is 27.7 Å². The van der Waals surface area contributed by atoms with Crippen molar-refractivity contribution in [3.8, 4) is 11.3 Å². The number of amides is 1. The van der Waals surface area contributed by atoms with Gasteiger partial charge >= 0.3 is 0 Å². The van der Waals surface area contributed by atoms with E-state index in [2.05, 4.69) is 4.98 Å². The second-order valence-corrected chi connectivity index (χ2v) is 8.22. The Kier molecular flexibility index (Phi) is 5.19. The third-order valence-corrected chi connectivity index (χ3v) is 6.23. The molecule has 7 nitrogen and oxygen atoms in total. The van der Waals surface area contributed by atoms with Gasteiger partial charge in [0.2, 0.25) is 0 Å². The summed E-state index contributed by atoms with van der Waals surface area (Å²) < 4.78 is 6.97. The number of hydrogen-bond donors (Lipinski definition) is 0. The minimum Gasteiger partial charge on any atom is -0.381 e. The lowest BCUT2D eigenvalue weighted by atomic mass is 10.1. The number of nitrogens with zero attached hydrogens (tertiary/aromatic N) is 4. The van der Waals surface area contributed by atoms with Crippen molar-refractivity contribution < 1.29 is 9.53 Å². The highest BCUT2D eigenvalue weighted by Gasteiger charge is 2.23. The highest BCUT2D eigenvalue weighted by atomic mass is 16.5. The molecule has 0 saturated carbocycles. The van der Waals surface area contributed by atoms with Gasteiger partial charge in [-0.2, -0.15) is 0 Å². The number of piperidine rings is 1. The van der Waals surface area contributed by atoms with E-state index >= 15 is 0 Å². The lowest BCUT2D eigenvalue weighted by Gasteiger charge is -2.31. The van der Waals surface area contributed by atoms with Crippen molar-refractivity contribution in [2.45, 2.75) is 18.9 Å². The van der Waals surface area contributed by atoms with Gasteiger partial charge < -0.3 is 14.2 Å². The SMILES string of the molecule is COC1CCN(C(=O)c2ccc3ncc(-c4ccc5c(=O)n(C)ccc5c4)nc3c2)CC1. The van der Waals surface area contributed by atoms with E-state index in [4.69, 9.17) is 9.72 Å². The summed E-state index contributed by atoms with van der Waals surface area (Å²) in [5.74, 6) is 0.00945. The molecule has 3 heterocycles. The molecule has 0 aliphatic carbocycles. The zero-order chi connectivity index (χ0) is 22.2. The standard InChI is InChI=1S/C25H24N4O3/c1-28-10-7-16-13-17(3-5-20(16)25(28)31)23-15-26-21-6-4-18(14-22(21)27-23)24(30)29-11-8-19(32-2)9-12-29/h3-7,10,13-15,19H,8-9,11-12H2,1-2H3. The van der Waals surface area contributed by atoms with Crippen molar-refractivity contribution in [1.82, 2.24) is 19.4 Å². The Morgan fingerprint density at radius 1 is 1.06 bits per heavy atom. The number of carbonyl (C=O) groups excluding carboxylic acids is 1. The fourth-order valence-corrected chi connectivity index (χ4v) is 4.27. The quantitative estimate of drug-likeness (QED) is 0.500. The number of ether oxygens (including phenoxy) is 1. The second-order valence-electron chi connectivity index (χ2n) is 8.22. The van der Waals surface area contributed by atoms with E-state index in [0.29, 0.717) is 35.2 Å². The lowest BCUT2D eigenvalue weighted by molar-refractivity contribution is 0.0351. The Morgan fingerprint density at radius 3 is 2.66 bits per heavy atom. The predicted octanol–water partition coefficient (Wildman–Crippen LogP) is 3.40. The van der Waals surface area contributed by atoms with Crippen LogP contribution in [0.25, 0.3) is 33.1 Å². The molecule has 0 bridgehead atoms. The van der Waals surface area contributed by atoms with Crippen LogP contribution in [0.4, 0.5) is 0 Å². The molecule has 162 valence electrons. The summed E-state index contributed by atoms with van der Waals surface area (Å²) in [6.07, 6.45) is 5.41. The van der Waals surface area contributed by atoms with Gasteiger partial charge in [0.1, 0.15) is 0 Å². The van der Waals surface area contributed by atoms with Crippen molar-refractivity contribution in [2.75, 3.05) is 20.2 Å². The Bertz CT molecular complexity index is 1390. The molecular weight excluding hydrogens is 404 g/mol. The molecule has 0 unspecified atom stereocenters. The Hall–Kier alpha value is -3.58. The second kappa shape index (κ2) is 8.16. The van der Waals surface area contributed by atoms with Crippen LogP contribution >= 0.6 is 0 Å². The van der Waals surface area contributed by atoms with Crippen LogP contribution in [-0.4, -0.2) is 51.6 Å². The van der Waals surface area contributed by atoms with Gasteiger partial charge in [-0.05, 0) is 54.6 Å². The van der Waals surface area contributed by atoms with Crippen molar-refractivity contribution in [2.24, 2.45) is 7.05 Å². The minimum atomic E-state index is -0.0312. The topological polar surface area (TPSA) is 77.3 Å². The number of carbonyl (C=O) groups is 1. The molecule has 2 aromatic carbocycles. The van der Waals surface area contributed by atoms with Crippen molar-refractivity contribution in [3.63, 3.8) is 0 Å². The highest BCUT2D eigenvalue weighted by Crippen LogP contribution is 2.24. The molecular formula is C25H24N4O3. The first-order valence-corrected chi connectivity index (χ1v) is 10.7. The fourth-order valence-electron chi connectivity index (χ4n) is 4.27. The number of benzene rings is 2. The number of methoxy groups -OCH3 is 1. The summed E-state index contributed by atoms with van der Waals surface area (Å²) in [5.41, 5.74) is 3.56. The smallest absolute Gasteiger partial charge is 0.258 e. The van der Waals surface area contributed by atoms with Crippen LogP contribution in [0.1, 0.15) is 23.2 Å². The Balaban J connectivity index is 1.47. The first kappa shape index (κ1) is 20.3. The van der Waals surface area contributed by atoms with Crippen LogP contribution in [0.3, 0.4) is 0 Å². The van der Waals surface area contributed by atoms with Gasteiger partial charge in [0.25, 0.3) is 11.5 Å². The van der Waals surface area contributed by atoms with Gasteiger partial charge in [0.05, 0.1) is 29.0 Å². The molecule has 32 heavy (non-hydrogen) atoms. The predicted molar refractivity (Wildman–Crippen MR) is 124 cm³/mol. The number of aryl methyl sites for hydroxylation is 1. The van der Waals surface area contributed by atoms with Gasteiger partial charge in [-0.1, -0.05) is 6.07 Å². The van der Waals surface area contributed by atoms with E-state index in [1.54, 1.807) is 31.1 Å². The number of rotatable bonds is 3. The molecule has 0 spiro atoms. The van der Waals surface area contributed by atoms with Crippen LogP contribution in [0.15, 0.2) is 59.7 Å². The van der Waals surface area contributed by atoms with Gasteiger partial charge in [0, 0.05) is 50.0 Å². The number of aromatic nitrogens is 3. The lowest BCUT2D eigenvalue weighted by Crippen LogP contribution is -2.40. The van der Waals surface area contributed by atoms with Crippen LogP contribution in [0.2, 0.25) is 0 Å². The third-order valence-electron chi connectivity index (χ3n) is 6.23. The van der Waals surface area contributed by atoms with Crippen LogP contribution in [0, 0.1) is 0 Å². The highest BCUT2D eigenvalue weighted by molar-refractivity contribution is 5.97. The first-order chi connectivity index (χ1) is 15.5. The van der Waals surface area contributed by atoms with Gasteiger partial charge in [-0.15, -0.1) is 0 Å². The van der Waals surface area contributed by atoms with Gasteiger partial charge in [-0.3, -0.25) is 14.6 Å². The summed E-state index contributed by atoms with van der Waals surface area (Å²) in [6.45, 7) is 1.38. The van der Waals surface area contributed by atoms with E-state index in [1.807, 2.05) is 47.4 Å². The molecule has 0 N–H and O–H groups in total. The number of pyridine rings is 1. The molecule has 1 aliphatic rings. The van der Waals surface area contributed by atoms with Gasteiger partial charge in [0.15, 0.2) is 0 Å². The summed E-state index contributed by atoms with van der Waals surface area (Å²) >= 11 is 0. The maximum Gasteiger partial charge on any atom is 0.258 e. The summed E-state index contributed by atoms with van der Waals surface area (Å²) in [7, 11) is 3.46. The zero-order valence-electron chi connectivity index (χ0n) is 18.1. The molecule has 1 aliphatic heterocycles.